The van der Waals surface area contributed by atoms with Crippen LogP contribution < -0.4 is 5.32 Å². The van der Waals surface area contributed by atoms with Gasteiger partial charge in [-0.25, -0.2) is 4.98 Å². The van der Waals surface area contributed by atoms with Gasteiger partial charge in [-0.1, -0.05) is 6.07 Å². The highest BCUT2D eigenvalue weighted by atomic mass is 16.1. The zero-order chi connectivity index (χ0) is 12.3. The molecule has 0 saturated heterocycles. The van der Waals surface area contributed by atoms with E-state index in [9.17, 15) is 4.79 Å². The van der Waals surface area contributed by atoms with Crippen LogP contribution in [0.15, 0.2) is 30.6 Å². The van der Waals surface area contributed by atoms with Gasteiger partial charge in [0.15, 0.2) is 0 Å². The van der Waals surface area contributed by atoms with Crippen LogP contribution in [0.25, 0.3) is 5.65 Å². The molecule has 0 unspecified atom stereocenters. The lowest BCUT2D eigenvalue weighted by molar-refractivity contribution is 0.0945. The first kappa shape index (κ1) is 11.6. The molecule has 0 bridgehead atoms. The number of hydrogen-bond acceptors (Lipinski definition) is 3. The number of carbonyl (C=O) groups excluding carboxylic acids is 1. The number of pyridine rings is 1. The van der Waals surface area contributed by atoms with Crippen molar-refractivity contribution in [2.24, 2.45) is 0 Å². The summed E-state index contributed by atoms with van der Waals surface area (Å²) in [5.74, 6) is -0.0737. The first-order valence-corrected chi connectivity index (χ1v) is 5.53. The van der Waals surface area contributed by atoms with Crippen molar-refractivity contribution in [3.63, 3.8) is 0 Å². The number of hydrogen-bond donors (Lipinski definition) is 1. The summed E-state index contributed by atoms with van der Waals surface area (Å²) in [6, 6.07) is 5.50. The summed E-state index contributed by atoms with van der Waals surface area (Å²) in [5, 5.41) is 2.88. The average Bonchev–Trinajstić information content (AvgIpc) is 2.75. The maximum absolute atomic E-state index is 12.0. The summed E-state index contributed by atoms with van der Waals surface area (Å²) in [4.78, 5) is 18.1. The second-order valence-electron chi connectivity index (χ2n) is 4.13. The number of likely N-dealkylation sites (N-methyl/N-ethyl adjacent to an activating group) is 1. The largest absolute Gasteiger partial charge is 0.349 e. The van der Waals surface area contributed by atoms with Gasteiger partial charge in [-0.15, -0.1) is 0 Å². The molecule has 0 spiro atoms. The number of nitrogens with zero attached hydrogens (tertiary/aromatic N) is 3. The number of nitrogens with one attached hydrogen (secondary N) is 1. The van der Waals surface area contributed by atoms with Crippen LogP contribution in [0.2, 0.25) is 0 Å². The highest BCUT2D eigenvalue weighted by Crippen LogP contribution is 2.05. The second-order valence-corrected chi connectivity index (χ2v) is 4.13. The Bertz CT molecular complexity index is 518. The van der Waals surface area contributed by atoms with Crippen molar-refractivity contribution in [1.29, 1.82) is 0 Å². The Morgan fingerprint density at radius 3 is 3.06 bits per heavy atom. The van der Waals surface area contributed by atoms with E-state index in [2.05, 4.69) is 10.3 Å². The van der Waals surface area contributed by atoms with Crippen LogP contribution in [0.4, 0.5) is 0 Å². The molecule has 0 aliphatic rings. The van der Waals surface area contributed by atoms with Crippen LogP contribution >= 0.6 is 0 Å². The fraction of sp³-hybridized carbons (Fsp3) is 0.333. The predicted molar refractivity (Wildman–Crippen MR) is 66.1 cm³/mol. The number of amides is 1. The summed E-state index contributed by atoms with van der Waals surface area (Å²) in [6.45, 7) is 1.46. The molecule has 1 N–H and O–H groups in total. The van der Waals surface area contributed by atoms with E-state index >= 15 is 0 Å². The van der Waals surface area contributed by atoms with Crippen molar-refractivity contribution >= 4 is 11.6 Å². The topological polar surface area (TPSA) is 49.6 Å². The van der Waals surface area contributed by atoms with Gasteiger partial charge in [-0.05, 0) is 26.2 Å². The molecule has 2 heterocycles. The lowest BCUT2D eigenvalue weighted by Gasteiger charge is -2.11. The van der Waals surface area contributed by atoms with Crippen molar-refractivity contribution in [3.05, 3.63) is 36.3 Å². The second kappa shape index (κ2) is 4.97. The fourth-order valence-electron chi connectivity index (χ4n) is 1.62. The van der Waals surface area contributed by atoms with Crippen molar-refractivity contribution in [2.75, 3.05) is 27.2 Å². The zero-order valence-electron chi connectivity index (χ0n) is 10.1. The first-order chi connectivity index (χ1) is 8.18. The molecule has 1 amide bonds. The number of carbonyl (C=O) groups is 1. The molecule has 17 heavy (non-hydrogen) atoms. The summed E-state index contributed by atoms with van der Waals surface area (Å²) >= 11 is 0. The van der Waals surface area contributed by atoms with E-state index in [0.29, 0.717) is 12.2 Å². The van der Waals surface area contributed by atoms with Gasteiger partial charge in [0, 0.05) is 25.5 Å². The minimum absolute atomic E-state index is 0.0737. The minimum Gasteiger partial charge on any atom is -0.349 e. The minimum atomic E-state index is -0.0737. The standard InChI is InChI=1S/C12H16N4O/c1-15(2)8-6-14-12(17)10-4-3-5-11-13-7-9-16(10)11/h3-5,7,9H,6,8H2,1-2H3,(H,14,17). The monoisotopic (exact) mass is 232 g/mol. The van der Waals surface area contributed by atoms with E-state index in [1.165, 1.54) is 0 Å². The van der Waals surface area contributed by atoms with Gasteiger partial charge >= 0.3 is 0 Å². The van der Waals surface area contributed by atoms with Gasteiger partial charge in [0.1, 0.15) is 11.3 Å². The van der Waals surface area contributed by atoms with Crippen molar-refractivity contribution in [3.8, 4) is 0 Å². The highest BCUT2D eigenvalue weighted by Gasteiger charge is 2.08. The number of fused-ring (bicyclic) bond motifs is 1. The molecule has 0 saturated carbocycles. The Labute approximate surface area is 100 Å². The number of rotatable bonds is 4. The SMILES string of the molecule is CN(C)CCNC(=O)c1cccc2nccn12. The summed E-state index contributed by atoms with van der Waals surface area (Å²) < 4.78 is 1.78. The van der Waals surface area contributed by atoms with Crippen molar-refractivity contribution in [2.45, 2.75) is 0 Å². The molecule has 2 aromatic heterocycles. The van der Waals surface area contributed by atoms with E-state index in [4.69, 9.17) is 0 Å². The van der Waals surface area contributed by atoms with Crippen LogP contribution in [-0.4, -0.2) is 47.4 Å². The predicted octanol–water partition coefficient (Wildman–Crippen LogP) is 0.626. The smallest absolute Gasteiger partial charge is 0.268 e. The quantitative estimate of drug-likeness (QED) is 0.841. The van der Waals surface area contributed by atoms with Crippen molar-refractivity contribution < 1.29 is 4.79 Å². The van der Waals surface area contributed by atoms with Gasteiger partial charge in [0.05, 0.1) is 0 Å². The van der Waals surface area contributed by atoms with Crippen LogP contribution in [0.3, 0.4) is 0 Å². The Hall–Kier alpha value is -1.88. The van der Waals surface area contributed by atoms with Crippen LogP contribution in [0.5, 0.6) is 0 Å². The maximum atomic E-state index is 12.0. The van der Waals surface area contributed by atoms with Gasteiger partial charge in [-0.3, -0.25) is 9.20 Å². The number of imidazole rings is 1. The molecule has 0 atom stereocenters. The van der Waals surface area contributed by atoms with Gasteiger partial charge in [0.2, 0.25) is 0 Å². The van der Waals surface area contributed by atoms with Gasteiger partial charge < -0.3 is 10.2 Å². The molecule has 5 nitrogen and oxygen atoms in total. The Morgan fingerprint density at radius 1 is 1.47 bits per heavy atom. The van der Waals surface area contributed by atoms with Crippen molar-refractivity contribution in [1.82, 2.24) is 19.6 Å². The molecule has 0 fully saturated rings. The highest BCUT2D eigenvalue weighted by molar-refractivity contribution is 5.93. The summed E-state index contributed by atoms with van der Waals surface area (Å²) in [6.07, 6.45) is 3.47. The normalized spacial score (nSPS) is 11.0. The molecule has 2 rings (SSSR count). The third-order valence-corrected chi connectivity index (χ3v) is 2.51. The molecule has 0 aliphatic carbocycles. The molecular weight excluding hydrogens is 216 g/mol. The molecule has 0 aliphatic heterocycles. The summed E-state index contributed by atoms with van der Waals surface area (Å²) in [7, 11) is 3.95. The van der Waals surface area contributed by atoms with Gasteiger partial charge in [0.25, 0.3) is 5.91 Å². The number of aromatic nitrogens is 2. The molecular formula is C12H16N4O. The molecule has 2 aromatic rings. The van der Waals surface area contributed by atoms with Crippen LogP contribution in [0.1, 0.15) is 10.5 Å². The van der Waals surface area contributed by atoms with E-state index in [0.717, 1.165) is 12.2 Å². The molecule has 0 aromatic carbocycles. The Kier molecular flexibility index (Phi) is 3.39. The van der Waals surface area contributed by atoms with Gasteiger partial charge in [-0.2, -0.15) is 0 Å². The Balaban J connectivity index is 2.11. The van der Waals surface area contributed by atoms with E-state index < -0.39 is 0 Å². The molecule has 90 valence electrons. The van der Waals surface area contributed by atoms with E-state index in [1.807, 2.05) is 31.1 Å². The lowest BCUT2D eigenvalue weighted by Crippen LogP contribution is -2.32. The third-order valence-electron chi connectivity index (χ3n) is 2.51. The Morgan fingerprint density at radius 2 is 2.29 bits per heavy atom. The van der Waals surface area contributed by atoms with E-state index in [1.54, 1.807) is 22.9 Å². The summed E-state index contributed by atoms with van der Waals surface area (Å²) in [5.41, 5.74) is 1.39. The maximum Gasteiger partial charge on any atom is 0.268 e. The first-order valence-electron chi connectivity index (χ1n) is 5.53. The van der Waals surface area contributed by atoms with Crippen LogP contribution in [-0.2, 0) is 0 Å². The lowest BCUT2D eigenvalue weighted by atomic mass is 10.3. The fourth-order valence-corrected chi connectivity index (χ4v) is 1.62. The molecule has 5 heteroatoms. The zero-order valence-corrected chi connectivity index (χ0v) is 10.1. The third kappa shape index (κ3) is 2.62. The van der Waals surface area contributed by atoms with Crippen LogP contribution in [0, 0.1) is 0 Å². The average molecular weight is 232 g/mol. The van der Waals surface area contributed by atoms with E-state index in [-0.39, 0.29) is 5.91 Å². The molecule has 0 radical (unpaired) electrons.